The summed E-state index contributed by atoms with van der Waals surface area (Å²) in [4.78, 5) is 0. The highest BCUT2D eigenvalue weighted by Gasteiger charge is 2.58. The van der Waals surface area contributed by atoms with Gasteiger partial charge in [-0.2, -0.15) is 0 Å². The Morgan fingerprint density at radius 3 is 1.32 bits per heavy atom. The van der Waals surface area contributed by atoms with Crippen LogP contribution >= 0.6 is 22.6 Å². The van der Waals surface area contributed by atoms with E-state index in [1.165, 1.54) is 0 Å². The predicted octanol–water partition coefficient (Wildman–Crippen LogP) is 14.1. The maximum Gasteiger partial charge on any atom is 0.193 e. The van der Waals surface area contributed by atoms with Gasteiger partial charge in [0.05, 0.1) is 18.3 Å². The Balaban J connectivity index is 4.18. The molecule has 1 aliphatic heterocycles. The summed E-state index contributed by atoms with van der Waals surface area (Å²) in [6.45, 7) is 54.6. The normalized spacial score (nSPS) is 24.3. The summed E-state index contributed by atoms with van der Waals surface area (Å²) >= 11 is 2.35. The minimum Gasteiger partial charge on any atom is -0.417 e. The van der Waals surface area contributed by atoms with Crippen molar-refractivity contribution < 1.29 is 26.9 Å². The molecule has 0 spiro atoms. The van der Waals surface area contributed by atoms with Crippen molar-refractivity contribution >= 4 is 64.2 Å². The quantitative estimate of drug-likeness (QED) is 0.0775. The summed E-state index contributed by atoms with van der Waals surface area (Å²) in [5, 5.41) is 0.0407. The third-order valence-corrected chi connectivity index (χ3v) is 37.2. The molecule has 0 N–H and O–H groups in total. The van der Waals surface area contributed by atoms with Gasteiger partial charge in [0, 0.05) is 6.61 Å². The van der Waals surface area contributed by atoms with Gasteiger partial charge in [-0.3, -0.25) is 0 Å². The topological polar surface area (TPSA) is 55.4 Å². The van der Waals surface area contributed by atoms with Crippen molar-refractivity contribution in [2.45, 2.75) is 244 Å². The lowest BCUT2D eigenvalue weighted by Crippen LogP contribution is -2.69. The number of ether oxygens (including phenoxy) is 1. The summed E-state index contributed by atoms with van der Waals surface area (Å²) in [5.74, 6) is 0. The number of hydrogen-bond acceptors (Lipinski definition) is 6. The lowest BCUT2D eigenvalue weighted by molar-refractivity contribution is -0.226. The lowest BCUT2D eigenvalue weighted by atomic mass is 9.90. The Bertz CT molecular complexity index is 1140. The van der Waals surface area contributed by atoms with Crippen molar-refractivity contribution in [2.24, 2.45) is 0 Å². The fourth-order valence-electron chi connectivity index (χ4n) is 5.83. The van der Waals surface area contributed by atoms with E-state index in [2.05, 4.69) is 189 Å². The minimum absolute atomic E-state index is 0.000748. The molecule has 0 aromatic heterocycles. The average Bonchev–Trinajstić information content (AvgIpc) is 2.97. The molecule has 1 heterocycles. The molecule has 53 heavy (non-hydrogen) atoms. The van der Waals surface area contributed by atoms with Crippen LogP contribution in [0.2, 0.25) is 90.7 Å². The van der Waals surface area contributed by atoms with E-state index in [0.29, 0.717) is 0 Å². The zero-order valence-corrected chi connectivity index (χ0v) is 46.3. The summed E-state index contributed by atoms with van der Waals surface area (Å²) in [6.07, 6.45) is 2.17. The minimum atomic E-state index is -2.35. The Kier molecular flexibility index (Phi) is 18.9. The van der Waals surface area contributed by atoms with Gasteiger partial charge < -0.3 is 26.9 Å². The summed E-state index contributed by atoms with van der Waals surface area (Å²) in [6, 6.07) is 3.47. The van der Waals surface area contributed by atoms with Gasteiger partial charge in [0.1, 0.15) is 18.3 Å². The zero-order chi connectivity index (χ0) is 41.9. The molecule has 0 aromatic rings. The summed E-state index contributed by atoms with van der Waals surface area (Å²) in [5.41, 5.74) is 0. The second-order valence-corrected chi connectivity index (χ2v) is 46.6. The number of halogens is 1. The van der Waals surface area contributed by atoms with Crippen molar-refractivity contribution in [3.8, 4) is 0 Å². The third kappa shape index (κ3) is 13.7. The zero-order valence-electron chi connectivity index (χ0n) is 39.2. The number of hydrogen-bond donors (Lipinski definition) is 0. The van der Waals surface area contributed by atoms with Crippen molar-refractivity contribution in [2.75, 3.05) is 6.61 Å². The van der Waals surface area contributed by atoms with Crippen LogP contribution in [0.25, 0.3) is 0 Å². The monoisotopic (exact) mass is 944 g/mol. The van der Waals surface area contributed by atoms with Crippen molar-refractivity contribution in [1.29, 1.82) is 0 Å². The smallest absolute Gasteiger partial charge is 0.193 e. The van der Waals surface area contributed by atoms with Gasteiger partial charge in [0.15, 0.2) is 41.6 Å². The highest BCUT2D eigenvalue weighted by Crippen LogP contribution is 2.48. The molecule has 1 aliphatic rings. The first-order valence-electron chi connectivity index (χ1n) is 20.9. The van der Waals surface area contributed by atoms with Crippen molar-refractivity contribution in [3.05, 3.63) is 10.2 Å². The molecule has 12 heteroatoms. The Hall–Kier alpha value is 1.31. The second kappa shape index (κ2) is 19.1. The summed E-state index contributed by atoms with van der Waals surface area (Å²) < 4.78 is 46.9. The molecule has 0 radical (unpaired) electrons. The highest BCUT2D eigenvalue weighted by atomic mass is 127. The molecule has 0 bridgehead atoms. The molecule has 0 aliphatic carbocycles. The van der Waals surface area contributed by atoms with Crippen LogP contribution in [-0.2, 0) is 26.9 Å². The first-order chi connectivity index (χ1) is 23.6. The molecule has 1 rings (SSSR count). The first-order valence-corrected chi connectivity index (χ1v) is 36.3. The van der Waals surface area contributed by atoms with Crippen molar-refractivity contribution in [3.63, 3.8) is 0 Å². The van der Waals surface area contributed by atoms with Gasteiger partial charge in [-0.05, 0) is 114 Å². The molecule has 0 aromatic carbocycles. The Labute approximate surface area is 349 Å². The van der Waals surface area contributed by atoms with Gasteiger partial charge in [0.25, 0.3) is 0 Å². The van der Waals surface area contributed by atoms with E-state index in [9.17, 15) is 0 Å². The molecule has 0 saturated carbocycles. The van der Waals surface area contributed by atoms with E-state index < -0.39 is 41.6 Å². The van der Waals surface area contributed by atoms with Gasteiger partial charge >= 0.3 is 0 Å². The molecule has 0 unspecified atom stereocenters. The molecule has 0 amide bonds. The Morgan fingerprint density at radius 2 is 0.962 bits per heavy atom. The third-order valence-electron chi connectivity index (χ3n) is 14.2. The van der Waals surface area contributed by atoms with E-state index in [-0.39, 0.29) is 56.8 Å². The van der Waals surface area contributed by atoms with E-state index in [0.717, 1.165) is 37.6 Å². The van der Waals surface area contributed by atoms with Crippen LogP contribution in [-0.4, -0.2) is 84.8 Å². The molecule has 1 fully saturated rings. The van der Waals surface area contributed by atoms with E-state index in [1.54, 1.807) is 0 Å². The standard InChI is InChI=1S/C41H89IO6Si5/c1-24-53(25-2,26-3)43-31-27-28-32-35(46-50(18,19)39(7,8)9)37(48-52(22,23)41(13,14)15)36(47-51(20,21)40(10,11)12)34(44-32)33(29-30-42)45-49(16,17)38(4,5)6/h29-30,32-37H,24-28,31H2,1-23H3/b30-29+/t32-,33-,34-,35-,36+,37-/m0/s1. The van der Waals surface area contributed by atoms with Crippen LogP contribution < -0.4 is 0 Å². The fourth-order valence-corrected chi connectivity index (χ4v) is 14.1. The van der Waals surface area contributed by atoms with Gasteiger partial charge in [-0.1, -0.05) is 126 Å². The maximum absolute atomic E-state index is 7.74. The fraction of sp³-hybridized carbons (Fsp3) is 0.951. The average molecular weight is 945 g/mol. The molecule has 6 atom stereocenters. The highest BCUT2D eigenvalue weighted by molar-refractivity contribution is 14.1. The second-order valence-electron chi connectivity index (χ2n) is 22.1. The Morgan fingerprint density at radius 1 is 0.585 bits per heavy atom. The lowest BCUT2D eigenvalue weighted by Gasteiger charge is -2.56. The van der Waals surface area contributed by atoms with E-state index in [1.807, 2.05) is 0 Å². The van der Waals surface area contributed by atoms with Crippen LogP contribution in [0.4, 0.5) is 0 Å². The molecule has 6 nitrogen and oxygen atoms in total. The van der Waals surface area contributed by atoms with Crippen molar-refractivity contribution in [1.82, 2.24) is 0 Å². The maximum atomic E-state index is 7.74. The van der Waals surface area contributed by atoms with Crippen LogP contribution in [0.3, 0.4) is 0 Å². The molecular weight excluding hydrogens is 856 g/mol. The SMILES string of the molecule is CC[Si](CC)(CC)OCCC[C@@H]1O[C@@H]([C@H](/C=C/I)O[Si](C)(C)C(C)(C)C)[C@@H](O[Si](C)(C)C(C)(C)C)[C@@H](O[Si](C)(C)C(C)(C)C)[C@H]1O[Si](C)(C)C(C)(C)C. The predicted molar refractivity (Wildman–Crippen MR) is 252 cm³/mol. The molecular formula is C41H89IO6Si5. The van der Waals surface area contributed by atoms with E-state index >= 15 is 0 Å². The molecule has 316 valence electrons. The van der Waals surface area contributed by atoms with Gasteiger partial charge in [0.2, 0.25) is 0 Å². The summed E-state index contributed by atoms with van der Waals surface area (Å²) in [7, 11) is -10.9. The largest absolute Gasteiger partial charge is 0.417 e. The van der Waals surface area contributed by atoms with Gasteiger partial charge in [-0.25, -0.2) is 0 Å². The van der Waals surface area contributed by atoms with Crippen LogP contribution in [0.15, 0.2) is 10.2 Å². The van der Waals surface area contributed by atoms with Crippen LogP contribution in [0.1, 0.15) is 117 Å². The molecule has 1 saturated heterocycles. The number of rotatable bonds is 18. The van der Waals surface area contributed by atoms with Crippen LogP contribution in [0, 0.1) is 0 Å². The van der Waals surface area contributed by atoms with Crippen LogP contribution in [0.5, 0.6) is 0 Å². The van der Waals surface area contributed by atoms with E-state index in [4.69, 9.17) is 26.9 Å². The first kappa shape index (κ1) is 52.3. The van der Waals surface area contributed by atoms with Gasteiger partial charge in [-0.15, -0.1) is 0 Å².